The monoisotopic (exact) mass is 652 g/mol. The maximum atomic E-state index is 14.0. The highest BCUT2D eigenvalue weighted by Crippen LogP contribution is 2.37. The van der Waals surface area contributed by atoms with Crippen LogP contribution in [-0.4, -0.2) is 84.3 Å². The van der Waals surface area contributed by atoms with Crippen LogP contribution < -0.4 is 5.32 Å². The number of amidine groups is 1. The zero-order chi connectivity index (χ0) is 29.5. The largest absolute Gasteiger partial charge is 0.481 e. The van der Waals surface area contributed by atoms with Crippen LogP contribution in [0.2, 0.25) is 0 Å². The highest BCUT2D eigenvalue weighted by atomic mass is 79.9. The molecule has 1 aromatic heterocycles. The fraction of sp³-hybridized carbons (Fsp3) is 0.444. The second-order valence-corrected chi connectivity index (χ2v) is 10.9. The maximum absolute atomic E-state index is 14.0. The van der Waals surface area contributed by atoms with E-state index in [0.717, 1.165) is 0 Å². The standard InChI is InChI=1S/C27H30BrFN4O7S/c1-3-39-26(36)18(25(34)35)12-16-14-38-9-8-33(16)13-20-21(27(37)40-4-2)22(17-6-5-15(29)11-19(17)28)32-23(31-20)24-30-7-10-41-24/h5-7,10-11,16,18,22H,3-4,8-9,12-14H2,1-2H3,(H,31,32)(H,34,35). The Balaban J connectivity index is 1.75. The van der Waals surface area contributed by atoms with Crippen molar-refractivity contribution in [2.45, 2.75) is 32.4 Å². The van der Waals surface area contributed by atoms with Gasteiger partial charge in [-0.1, -0.05) is 22.0 Å². The summed E-state index contributed by atoms with van der Waals surface area (Å²) in [6, 6.07) is 2.83. The predicted octanol–water partition coefficient (Wildman–Crippen LogP) is 3.31. The molecule has 1 saturated heterocycles. The van der Waals surface area contributed by atoms with Crippen LogP contribution in [0.25, 0.3) is 0 Å². The molecule has 220 valence electrons. The van der Waals surface area contributed by atoms with Crippen LogP contribution in [-0.2, 0) is 28.6 Å². The first-order valence-corrected chi connectivity index (χ1v) is 14.7. The molecular formula is C27H30BrFN4O7S. The fourth-order valence-corrected chi connectivity index (χ4v) is 5.85. The molecule has 0 aliphatic carbocycles. The van der Waals surface area contributed by atoms with Gasteiger partial charge in [-0.2, -0.15) is 0 Å². The molecule has 2 aliphatic rings. The van der Waals surface area contributed by atoms with Gasteiger partial charge in [-0.05, 0) is 38.0 Å². The molecule has 0 radical (unpaired) electrons. The van der Waals surface area contributed by atoms with Crippen molar-refractivity contribution < 1.29 is 38.1 Å². The molecule has 14 heteroatoms. The number of thiazole rings is 1. The highest BCUT2D eigenvalue weighted by molar-refractivity contribution is 9.10. The topological polar surface area (TPSA) is 140 Å². The number of carboxylic acid groups (broad SMARTS) is 1. The lowest BCUT2D eigenvalue weighted by Gasteiger charge is -2.38. The molecule has 0 bridgehead atoms. The lowest BCUT2D eigenvalue weighted by atomic mass is 9.94. The van der Waals surface area contributed by atoms with E-state index in [4.69, 9.17) is 19.2 Å². The van der Waals surface area contributed by atoms with Gasteiger partial charge in [0.25, 0.3) is 0 Å². The fourth-order valence-electron chi connectivity index (χ4n) is 4.70. The van der Waals surface area contributed by atoms with Crippen molar-refractivity contribution in [1.82, 2.24) is 15.2 Å². The summed E-state index contributed by atoms with van der Waals surface area (Å²) >= 11 is 4.77. The van der Waals surface area contributed by atoms with Crippen molar-refractivity contribution in [3.63, 3.8) is 0 Å². The Labute approximate surface area is 248 Å². The average Bonchev–Trinajstić information content (AvgIpc) is 3.47. The number of aliphatic carboxylic acids is 1. The number of aromatic nitrogens is 1. The predicted molar refractivity (Wildman–Crippen MR) is 151 cm³/mol. The number of hydrogen-bond donors (Lipinski definition) is 2. The zero-order valence-electron chi connectivity index (χ0n) is 22.5. The number of hydrogen-bond acceptors (Lipinski definition) is 11. The Kier molecular flexibility index (Phi) is 10.6. The van der Waals surface area contributed by atoms with E-state index in [1.54, 1.807) is 31.5 Å². The van der Waals surface area contributed by atoms with Gasteiger partial charge in [-0.15, -0.1) is 11.3 Å². The molecule has 2 aliphatic heterocycles. The number of carbonyl (C=O) groups excluding carboxylic acids is 2. The Morgan fingerprint density at radius 2 is 2.07 bits per heavy atom. The lowest BCUT2D eigenvalue weighted by Crippen LogP contribution is -2.50. The first-order valence-electron chi connectivity index (χ1n) is 13.0. The summed E-state index contributed by atoms with van der Waals surface area (Å²) in [4.78, 5) is 48.9. The van der Waals surface area contributed by atoms with Gasteiger partial charge < -0.3 is 24.6 Å². The first-order chi connectivity index (χ1) is 19.7. The van der Waals surface area contributed by atoms with Gasteiger partial charge in [0, 0.05) is 40.9 Å². The third-order valence-electron chi connectivity index (χ3n) is 6.60. The molecule has 3 heterocycles. The summed E-state index contributed by atoms with van der Waals surface area (Å²) < 4.78 is 30.5. The second kappa shape index (κ2) is 14.1. The number of carboxylic acids is 1. The number of halogens is 2. The van der Waals surface area contributed by atoms with Crippen LogP contribution in [0.5, 0.6) is 0 Å². The summed E-state index contributed by atoms with van der Waals surface area (Å²) in [6.45, 7) is 4.63. The number of esters is 2. The molecular weight excluding hydrogens is 623 g/mol. The van der Waals surface area contributed by atoms with E-state index in [2.05, 4.69) is 26.2 Å². The van der Waals surface area contributed by atoms with Gasteiger partial charge in [0.1, 0.15) is 11.9 Å². The number of ether oxygens (including phenoxy) is 3. The number of aliphatic imine (C=N–C) groups is 1. The molecule has 4 rings (SSSR count). The first kappa shape index (κ1) is 30.8. The lowest BCUT2D eigenvalue weighted by molar-refractivity contribution is -0.160. The number of morpholine rings is 1. The van der Waals surface area contributed by atoms with E-state index in [-0.39, 0.29) is 38.4 Å². The molecule has 41 heavy (non-hydrogen) atoms. The zero-order valence-corrected chi connectivity index (χ0v) is 24.9. The quantitative estimate of drug-likeness (QED) is 0.274. The van der Waals surface area contributed by atoms with Crippen molar-refractivity contribution in [2.75, 3.05) is 39.5 Å². The molecule has 0 spiro atoms. The summed E-state index contributed by atoms with van der Waals surface area (Å²) in [5.74, 6) is -4.10. The minimum absolute atomic E-state index is 0.0451. The Morgan fingerprint density at radius 3 is 2.73 bits per heavy atom. The average molecular weight is 654 g/mol. The Hall–Kier alpha value is -3.20. The van der Waals surface area contributed by atoms with Crippen LogP contribution in [0.15, 0.2) is 50.5 Å². The Bertz CT molecular complexity index is 1340. The summed E-state index contributed by atoms with van der Waals surface area (Å²) in [5.41, 5.74) is 1.25. The minimum atomic E-state index is -1.38. The van der Waals surface area contributed by atoms with Crippen LogP contribution in [0.4, 0.5) is 4.39 Å². The van der Waals surface area contributed by atoms with Crippen LogP contribution >= 0.6 is 27.3 Å². The molecule has 3 atom stereocenters. The summed E-state index contributed by atoms with van der Waals surface area (Å²) in [6.07, 6.45) is 1.59. The van der Waals surface area contributed by atoms with E-state index in [1.807, 2.05) is 4.90 Å². The Morgan fingerprint density at radius 1 is 1.29 bits per heavy atom. The summed E-state index contributed by atoms with van der Waals surface area (Å²) in [5, 5.41) is 15.4. The molecule has 2 N–H and O–H groups in total. The molecule has 0 amide bonds. The van der Waals surface area contributed by atoms with Gasteiger partial charge >= 0.3 is 17.9 Å². The van der Waals surface area contributed by atoms with E-state index >= 15 is 0 Å². The van der Waals surface area contributed by atoms with Crippen molar-refractivity contribution in [3.8, 4) is 0 Å². The van der Waals surface area contributed by atoms with E-state index in [1.165, 1.54) is 23.5 Å². The van der Waals surface area contributed by atoms with Gasteiger partial charge in [0.2, 0.25) is 0 Å². The van der Waals surface area contributed by atoms with Crippen molar-refractivity contribution in [2.24, 2.45) is 10.9 Å². The number of rotatable bonds is 11. The van der Waals surface area contributed by atoms with Crippen LogP contribution in [0.1, 0.15) is 36.9 Å². The smallest absolute Gasteiger partial charge is 0.338 e. The normalized spacial score (nSPS) is 20.1. The molecule has 11 nitrogen and oxygen atoms in total. The number of carbonyl (C=O) groups is 3. The van der Waals surface area contributed by atoms with Crippen molar-refractivity contribution >= 4 is 51.0 Å². The number of nitrogens with zero attached hydrogens (tertiary/aromatic N) is 3. The van der Waals surface area contributed by atoms with Gasteiger partial charge in [0.05, 0.1) is 32.0 Å². The number of nitrogens with one attached hydrogen (secondary N) is 1. The van der Waals surface area contributed by atoms with Gasteiger partial charge in [0.15, 0.2) is 16.8 Å². The van der Waals surface area contributed by atoms with Gasteiger partial charge in [-0.25, -0.2) is 14.2 Å². The minimum Gasteiger partial charge on any atom is -0.481 e. The highest BCUT2D eigenvalue weighted by Gasteiger charge is 2.38. The van der Waals surface area contributed by atoms with Crippen LogP contribution in [0, 0.1) is 11.7 Å². The molecule has 1 aromatic carbocycles. The summed E-state index contributed by atoms with van der Waals surface area (Å²) in [7, 11) is 0. The van der Waals surface area contributed by atoms with E-state index in [9.17, 15) is 23.9 Å². The molecule has 3 unspecified atom stereocenters. The third-order valence-corrected chi connectivity index (χ3v) is 8.07. The third kappa shape index (κ3) is 7.36. The van der Waals surface area contributed by atoms with Crippen molar-refractivity contribution in [3.05, 3.63) is 61.9 Å². The van der Waals surface area contributed by atoms with Gasteiger partial charge in [-0.3, -0.25) is 19.5 Å². The second-order valence-electron chi connectivity index (χ2n) is 9.20. The van der Waals surface area contributed by atoms with E-state index < -0.39 is 41.7 Å². The van der Waals surface area contributed by atoms with Crippen LogP contribution in [0.3, 0.4) is 0 Å². The molecule has 2 aromatic rings. The maximum Gasteiger partial charge on any atom is 0.338 e. The molecule has 1 fully saturated rings. The van der Waals surface area contributed by atoms with E-state index in [0.29, 0.717) is 39.7 Å². The SMILES string of the molecule is CCOC(=O)C1=C(CN2CCOCC2CC(C(=O)O)C(=O)OCC)NC(c2nccs2)=NC1c1ccc(F)cc1Br. The molecule has 0 saturated carbocycles. The number of benzene rings is 1. The van der Waals surface area contributed by atoms with Crippen molar-refractivity contribution in [1.29, 1.82) is 0 Å².